The van der Waals surface area contributed by atoms with Crippen molar-refractivity contribution in [1.82, 2.24) is 5.32 Å². The number of benzene rings is 1. The molecule has 2 rings (SSSR count). The number of aliphatic hydroxyl groups is 1. The van der Waals surface area contributed by atoms with E-state index in [2.05, 4.69) is 19.2 Å². The molecule has 0 aromatic heterocycles. The van der Waals surface area contributed by atoms with Crippen LogP contribution in [0.15, 0.2) is 12.1 Å². The molecule has 0 saturated heterocycles. The number of halogens is 1. The molecule has 1 aromatic carbocycles. The van der Waals surface area contributed by atoms with Crippen molar-refractivity contribution in [2.24, 2.45) is 0 Å². The quantitative estimate of drug-likeness (QED) is 0.878. The van der Waals surface area contributed by atoms with Gasteiger partial charge in [-0.05, 0) is 31.0 Å². The molecule has 20 heavy (non-hydrogen) atoms. The first-order valence-corrected chi connectivity index (χ1v) is 7.49. The van der Waals surface area contributed by atoms with Gasteiger partial charge >= 0.3 is 0 Å². The molecule has 0 bridgehead atoms. The van der Waals surface area contributed by atoms with Gasteiger partial charge in [0.2, 0.25) is 0 Å². The fourth-order valence-corrected chi connectivity index (χ4v) is 2.44. The Kier molecular flexibility index (Phi) is 5.52. The summed E-state index contributed by atoms with van der Waals surface area (Å²) in [7, 11) is 0. The molecule has 0 saturated carbocycles. The van der Waals surface area contributed by atoms with Crippen molar-refractivity contribution in [3.05, 3.63) is 22.7 Å². The third-order valence-corrected chi connectivity index (χ3v) is 3.79. The molecule has 0 spiro atoms. The average Bonchev–Trinajstić information content (AvgIpc) is 2.70. The Hall–Kier alpha value is -0.970. The third kappa shape index (κ3) is 3.57. The average molecular weight is 300 g/mol. The molecule has 2 atom stereocenters. The largest absolute Gasteiger partial charge is 0.489 e. The maximum Gasteiger partial charge on any atom is 0.179 e. The van der Waals surface area contributed by atoms with E-state index >= 15 is 0 Å². The van der Waals surface area contributed by atoms with E-state index in [1.807, 2.05) is 12.1 Å². The van der Waals surface area contributed by atoms with E-state index < -0.39 is 0 Å². The fourth-order valence-electron chi connectivity index (χ4n) is 2.17. The molecule has 0 fully saturated rings. The first-order valence-electron chi connectivity index (χ1n) is 7.11. The smallest absolute Gasteiger partial charge is 0.179 e. The molecule has 5 heteroatoms. The second-order valence-electron chi connectivity index (χ2n) is 5.09. The third-order valence-electron chi connectivity index (χ3n) is 3.51. The minimum atomic E-state index is -0.153. The molecule has 4 nitrogen and oxygen atoms in total. The predicted octanol–water partition coefficient (Wildman–Crippen LogP) is 2.92. The SMILES string of the molecule is CCC(C)NC(CO)c1cc(Cl)c2c(c1)OCCCO2. The van der Waals surface area contributed by atoms with Crippen LogP contribution < -0.4 is 14.8 Å². The molecule has 0 radical (unpaired) electrons. The molecule has 0 aliphatic carbocycles. The summed E-state index contributed by atoms with van der Waals surface area (Å²) in [6.07, 6.45) is 1.84. The van der Waals surface area contributed by atoms with Crippen molar-refractivity contribution in [3.63, 3.8) is 0 Å². The Morgan fingerprint density at radius 2 is 2.10 bits per heavy atom. The fraction of sp³-hybridized carbons (Fsp3) is 0.600. The lowest BCUT2D eigenvalue weighted by atomic mass is 10.1. The highest BCUT2D eigenvalue weighted by molar-refractivity contribution is 6.32. The maximum atomic E-state index is 9.60. The van der Waals surface area contributed by atoms with Crippen molar-refractivity contribution in [2.45, 2.75) is 38.8 Å². The van der Waals surface area contributed by atoms with E-state index in [1.165, 1.54) is 0 Å². The molecule has 2 N–H and O–H groups in total. The minimum absolute atomic E-state index is 0.0142. The van der Waals surface area contributed by atoms with Gasteiger partial charge in [0.1, 0.15) is 0 Å². The van der Waals surface area contributed by atoms with Crippen LogP contribution in [0, 0.1) is 0 Å². The number of hydrogen-bond donors (Lipinski definition) is 2. The van der Waals surface area contributed by atoms with Crippen LogP contribution in [0.2, 0.25) is 5.02 Å². The van der Waals surface area contributed by atoms with E-state index in [0.29, 0.717) is 35.8 Å². The Morgan fingerprint density at radius 3 is 2.80 bits per heavy atom. The highest BCUT2D eigenvalue weighted by Crippen LogP contribution is 2.39. The summed E-state index contributed by atoms with van der Waals surface area (Å²) in [6, 6.07) is 3.91. The van der Waals surface area contributed by atoms with E-state index in [0.717, 1.165) is 18.4 Å². The lowest BCUT2D eigenvalue weighted by Gasteiger charge is -2.22. The Morgan fingerprint density at radius 1 is 1.35 bits per heavy atom. The molecule has 1 aliphatic rings. The van der Waals surface area contributed by atoms with Gasteiger partial charge in [0.15, 0.2) is 11.5 Å². The van der Waals surface area contributed by atoms with E-state index in [9.17, 15) is 5.11 Å². The first kappa shape index (κ1) is 15.4. The van der Waals surface area contributed by atoms with Gasteiger partial charge in [-0.25, -0.2) is 0 Å². The van der Waals surface area contributed by atoms with Crippen LogP contribution in [0.4, 0.5) is 0 Å². The molecule has 1 aromatic rings. The van der Waals surface area contributed by atoms with Gasteiger partial charge in [0, 0.05) is 12.5 Å². The lowest BCUT2D eigenvalue weighted by Crippen LogP contribution is -2.32. The molecular formula is C15H22ClNO3. The number of fused-ring (bicyclic) bond motifs is 1. The molecule has 2 unspecified atom stereocenters. The van der Waals surface area contributed by atoms with Gasteiger partial charge < -0.3 is 19.9 Å². The minimum Gasteiger partial charge on any atom is -0.489 e. The highest BCUT2D eigenvalue weighted by atomic mass is 35.5. The molecule has 0 amide bonds. The van der Waals surface area contributed by atoms with Crippen LogP contribution in [0.5, 0.6) is 11.5 Å². The zero-order valence-corrected chi connectivity index (χ0v) is 12.7. The normalized spacial score (nSPS) is 17.4. The van der Waals surface area contributed by atoms with Gasteiger partial charge in [-0.1, -0.05) is 18.5 Å². The van der Waals surface area contributed by atoms with Crippen molar-refractivity contribution in [2.75, 3.05) is 19.8 Å². The number of nitrogens with one attached hydrogen (secondary N) is 1. The van der Waals surface area contributed by atoms with Crippen LogP contribution in [0.3, 0.4) is 0 Å². The van der Waals surface area contributed by atoms with Gasteiger partial charge in [0.25, 0.3) is 0 Å². The van der Waals surface area contributed by atoms with Crippen LogP contribution in [0.1, 0.15) is 38.3 Å². The summed E-state index contributed by atoms with van der Waals surface area (Å²) >= 11 is 6.28. The molecule has 1 heterocycles. The van der Waals surface area contributed by atoms with Gasteiger partial charge in [-0.15, -0.1) is 0 Å². The van der Waals surface area contributed by atoms with Crippen LogP contribution in [0.25, 0.3) is 0 Å². The second kappa shape index (κ2) is 7.16. The number of ether oxygens (including phenoxy) is 2. The van der Waals surface area contributed by atoms with Crippen molar-refractivity contribution >= 4 is 11.6 Å². The first-order chi connectivity index (χ1) is 9.65. The number of rotatable bonds is 5. The van der Waals surface area contributed by atoms with Crippen molar-refractivity contribution in [3.8, 4) is 11.5 Å². The van der Waals surface area contributed by atoms with Crippen LogP contribution in [-0.4, -0.2) is 31.0 Å². The maximum absolute atomic E-state index is 9.60. The molecule has 112 valence electrons. The van der Waals surface area contributed by atoms with Gasteiger partial charge in [-0.3, -0.25) is 0 Å². The topological polar surface area (TPSA) is 50.7 Å². The Labute approximate surface area is 125 Å². The summed E-state index contributed by atoms with van der Waals surface area (Å²) < 4.78 is 11.3. The molecule has 1 aliphatic heterocycles. The summed E-state index contributed by atoms with van der Waals surface area (Å²) in [5.74, 6) is 1.27. The zero-order valence-electron chi connectivity index (χ0n) is 12.0. The molecular weight excluding hydrogens is 278 g/mol. The van der Waals surface area contributed by atoms with Crippen LogP contribution >= 0.6 is 11.6 Å². The monoisotopic (exact) mass is 299 g/mol. The summed E-state index contributed by atoms with van der Waals surface area (Å²) in [6.45, 7) is 5.44. The summed E-state index contributed by atoms with van der Waals surface area (Å²) in [4.78, 5) is 0. The van der Waals surface area contributed by atoms with Gasteiger partial charge in [-0.2, -0.15) is 0 Å². The highest BCUT2D eigenvalue weighted by Gasteiger charge is 2.20. The van der Waals surface area contributed by atoms with Crippen LogP contribution in [-0.2, 0) is 0 Å². The lowest BCUT2D eigenvalue weighted by molar-refractivity contribution is 0.233. The Bertz CT molecular complexity index is 453. The van der Waals surface area contributed by atoms with Gasteiger partial charge in [0.05, 0.1) is 30.9 Å². The summed E-state index contributed by atoms with van der Waals surface area (Å²) in [5.41, 5.74) is 0.919. The van der Waals surface area contributed by atoms with E-state index in [4.69, 9.17) is 21.1 Å². The number of hydrogen-bond acceptors (Lipinski definition) is 4. The van der Waals surface area contributed by atoms with Crippen molar-refractivity contribution < 1.29 is 14.6 Å². The van der Waals surface area contributed by atoms with E-state index in [1.54, 1.807) is 0 Å². The second-order valence-corrected chi connectivity index (χ2v) is 5.50. The summed E-state index contributed by atoms with van der Waals surface area (Å²) in [5, 5.41) is 13.5. The zero-order chi connectivity index (χ0) is 14.5. The Balaban J connectivity index is 2.27. The predicted molar refractivity (Wildman–Crippen MR) is 79.8 cm³/mol. The van der Waals surface area contributed by atoms with E-state index in [-0.39, 0.29) is 12.6 Å². The number of aliphatic hydroxyl groups excluding tert-OH is 1. The standard InChI is InChI=1S/C15H22ClNO3/c1-3-10(2)17-13(9-18)11-7-12(16)15-14(8-11)19-5-4-6-20-15/h7-8,10,13,17-18H,3-6,9H2,1-2H3. The van der Waals surface area contributed by atoms with Crippen molar-refractivity contribution in [1.29, 1.82) is 0 Å².